The van der Waals surface area contributed by atoms with Gasteiger partial charge in [0, 0.05) is 25.2 Å². The average Bonchev–Trinajstić information content (AvgIpc) is 2.81. The lowest BCUT2D eigenvalue weighted by molar-refractivity contribution is -0.135. The highest BCUT2D eigenvalue weighted by Crippen LogP contribution is 2.23. The van der Waals surface area contributed by atoms with Crippen LogP contribution in [0.2, 0.25) is 0 Å². The summed E-state index contributed by atoms with van der Waals surface area (Å²) >= 11 is 0. The van der Waals surface area contributed by atoms with Crippen LogP contribution in [0, 0.1) is 5.92 Å². The number of carbonyl (C=O) groups excluding carboxylic acids is 1. The molecule has 5 heteroatoms. The van der Waals surface area contributed by atoms with Gasteiger partial charge in [-0.2, -0.15) is 0 Å². The number of nitrogens with zero attached hydrogens (tertiary/aromatic N) is 2. The first-order chi connectivity index (χ1) is 8.22. The monoisotopic (exact) mass is 237 g/mol. The van der Waals surface area contributed by atoms with Gasteiger partial charge in [-0.15, -0.1) is 0 Å². The van der Waals surface area contributed by atoms with Crippen LogP contribution < -0.4 is 5.73 Å². The summed E-state index contributed by atoms with van der Waals surface area (Å²) in [7, 11) is 0. The summed E-state index contributed by atoms with van der Waals surface area (Å²) in [5, 5.41) is 3.77. The van der Waals surface area contributed by atoms with Crippen molar-refractivity contribution in [3.05, 3.63) is 18.0 Å². The molecule has 2 heterocycles. The maximum Gasteiger partial charge on any atom is 0.229 e. The van der Waals surface area contributed by atoms with Gasteiger partial charge >= 0.3 is 0 Å². The lowest BCUT2D eigenvalue weighted by Crippen LogP contribution is -2.51. The Morgan fingerprint density at radius 3 is 3.18 bits per heavy atom. The molecule has 0 aromatic carbocycles. The molecule has 0 aliphatic carbocycles. The number of rotatable bonds is 3. The smallest absolute Gasteiger partial charge is 0.229 e. The normalized spacial score (nSPS) is 24.9. The lowest BCUT2D eigenvalue weighted by Gasteiger charge is -2.39. The summed E-state index contributed by atoms with van der Waals surface area (Å²) in [5.74, 6) is 0.580. The van der Waals surface area contributed by atoms with Crippen molar-refractivity contribution < 1.29 is 9.32 Å². The van der Waals surface area contributed by atoms with Gasteiger partial charge in [-0.25, -0.2) is 0 Å². The molecule has 1 aliphatic heterocycles. The fourth-order valence-electron chi connectivity index (χ4n) is 2.50. The fraction of sp³-hybridized carbons (Fsp3) is 0.667. The summed E-state index contributed by atoms with van der Waals surface area (Å²) in [4.78, 5) is 14.1. The highest BCUT2D eigenvalue weighted by molar-refractivity contribution is 5.78. The van der Waals surface area contributed by atoms with Crippen LogP contribution in [0.15, 0.2) is 16.9 Å². The zero-order valence-corrected chi connectivity index (χ0v) is 10.1. The number of hydrogen-bond acceptors (Lipinski definition) is 4. The minimum atomic E-state index is 0.0981. The molecule has 0 saturated carbocycles. The molecule has 2 N–H and O–H groups in total. The largest absolute Gasteiger partial charge is 0.364 e. The van der Waals surface area contributed by atoms with Crippen LogP contribution in [-0.2, 0) is 11.2 Å². The van der Waals surface area contributed by atoms with Gasteiger partial charge in [-0.3, -0.25) is 4.79 Å². The summed E-state index contributed by atoms with van der Waals surface area (Å²) in [6.45, 7) is 3.50. The second kappa shape index (κ2) is 5.31. The third-order valence-electron chi connectivity index (χ3n) is 3.50. The van der Waals surface area contributed by atoms with E-state index in [2.05, 4.69) is 12.1 Å². The minimum Gasteiger partial charge on any atom is -0.364 e. The molecule has 1 aliphatic rings. The molecule has 1 aromatic rings. The van der Waals surface area contributed by atoms with E-state index >= 15 is 0 Å². The first-order valence-electron chi connectivity index (χ1n) is 6.11. The van der Waals surface area contributed by atoms with E-state index in [-0.39, 0.29) is 11.9 Å². The third kappa shape index (κ3) is 2.66. The molecular formula is C12H19N3O2. The summed E-state index contributed by atoms with van der Waals surface area (Å²) in [6.07, 6.45) is 4.00. The number of amides is 1. The van der Waals surface area contributed by atoms with Crippen LogP contribution >= 0.6 is 0 Å². The fourth-order valence-corrected chi connectivity index (χ4v) is 2.50. The second-order valence-electron chi connectivity index (χ2n) is 4.68. The number of piperidine rings is 1. The minimum absolute atomic E-state index is 0.0981. The molecule has 0 bridgehead atoms. The quantitative estimate of drug-likeness (QED) is 0.844. The van der Waals surface area contributed by atoms with Crippen LogP contribution in [0.4, 0.5) is 0 Å². The standard InChI is InChI=1S/C12H19N3O2/c1-9-3-2-5-15(11(9)8-13)12(16)7-10-4-6-17-14-10/h4,6,9,11H,2-3,5,7-8,13H2,1H3. The molecule has 1 fully saturated rings. The van der Waals surface area contributed by atoms with Crippen LogP contribution in [-0.4, -0.2) is 35.1 Å². The molecule has 2 rings (SSSR count). The molecule has 0 spiro atoms. The number of carbonyl (C=O) groups is 1. The van der Waals surface area contributed by atoms with Crippen LogP contribution in [0.25, 0.3) is 0 Å². The van der Waals surface area contributed by atoms with E-state index in [1.54, 1.807) is 6.07 Å². The Labute approximate surface area is 101 Å². The molecule has 5 nitrogen and oxygen atoms in total. The molecule has 94 valence electrons. The van der Waals surface area contributed by atoms with Gasteiger partial charge in [0.05, 0.1) is 12.1 Å². The van der Waals surface area contributed by atoms with Gasteiger partial charge in [-0.1, -0.05) is 12.1 Å². The van der Waals surface area contributed by atoms with Gasteiger partial charge in [0.25, 0.3) is 0 Å². The number of likely N-dealkylation sites (tertiary alicyclic amines) is 1. The Balaban J connectivity index is 2.02. The topological polar surface area (TPSA) is 72.4 Å². The number of aromatic nitrogens is 1. The third-order valence-corrected chi connectivity index (χ3v) is 3.50. The predicted octanol–water partition coefficient (Wildman–Crippen LogP) is 0.803. The van der Waals surface area contributed by atoms with Crippen LogP contribution in [0.3, 0.4) is 0 Å². The SMILES string of the molecule is CC1CCCN(C(=O)Cc2ccon2)C1CN. The average molecular weight is 237 g/mol. The first kappa shape index (κ1) is 12.1. The lowest BCUT2D eigenvalue weighted by atomic mass is 9.90. The highest BCUT2D eigenvalue weighted by atomic mass is 16.5. The molecule has 1 aromatic heterocycles. The molecule has 0 radical (unpaired) electrons. The molecule has 2 unspecified atom stereocenters. The van der Waals surface area contributed by atoms with Crippen molar-refractivity contribution in [3.8, 4) is 0 Å². The molecule has 17 heavy (non-hydrogen) atoms. The number of nitrogens with two attached hydrogens (primary N) is 1. The van der Waals surface area contributed by atoms with Gasteiger partial charge in [0.2, 0.25) is 5.91 Å². The first-order valence-corrected chi connectivity index (χ1v) is 6.11. The zero-order valence-electron chi connectivity index (χ0n) is 10.1. The van der Waals surface area contributed by atoms with Gasteiger partial charge in [0.15, 0.2) is 0 Å². The maximum absolute atomic E-state index is 12.2. The van der Waals surface area contributed by atoms with Crippen molar-refractivity contribution in [3.63, 3.8) is 0 Å². The Morgan fingerprint density at radius 2 is 2.53 bits per heavy atom. The Bertz CT molecular complexity index is 364. The van der Waals surface area contributed by atoms with Gasteiger partial charge < -0.3 is 15.2 Å². The van der Waals surface area contributed by atoms with Crippen molar-refractivity contribution in [1.82, 2.24) is 10.1 Å². The van der Waals surface area contributed by atoms with Crippen LogP contribution in [0.5, 0.6) is 0 Å². The second-order valence-corrected chi connectivity index (χ2v) is 4.68. The molecular weight excluding hydrogens is 218 g/mol. The highest BCUT2D eigenvalue weighted by Gasteiger charge is 2.30. The van der Waals surface area contributed by atoms with Crippen molar-refractivity contribution in [1.29, 1.82) is 0 Å². The van der Waals surface area contributed by atoms with Gasteiger partial charge in [0.1, 0.15) is 6.26 Å². The van der Waals surface area contributed by atoms with E-state index in [0.29, 0.717) is 24.6 Å². The van der Waals surface area contributed by atoms with Gasteiger partial charge in [-0.05, 0) is 18.8 Å². The van der Waals surface area contributed by atoms with E-state index in [4.69, 9.17) is 10.3 Å². The Kier molecular flexibility index (Phi) is 3.78. The van der Waals surface area contributed by atoms with E-state index in [1.807, 2.05) is 4.90 Å². The van der Waals surface area contributed by atoms with Crippen LogP contribution in [0.1, 0.15) is 25.5 Å². The Morgan fingerprint density at radius 1 is 1.71 bits per heavy atom. The zero-order chi connectivity index (χ0) is 12.3. The maximum atomic E-state index is 12.2. The van der Waals surface area contributed by atoms with E-state index < -0.39 is 0 Å². The summed E-state index contributed by atoms with van der Waals surface area (Å²) in [6, 6.07) is 1.89. The predicted molar refractivity (Wildman–Crippen MR) is 63.2 cm³/mol. The summed E-state index contributed by atoms with van der Waals surface area (Å²) in [5.41, 5.74) is 6.45. The Hall–Kier alpha value is -1.36. The molecule has 1 amide bonds. The van der Waals surface area contributed by atoms with Crippen molar-refractivity contribution >= 4 is 5.91 Å². The van der Waals surface area contributed by atoms with Crippen molar-refractivity contribution in [2.24, 2.45) is 11.7 Å². The van der Waals surface area contributed by atoms with E-state index in [9.17, 15) is 4.79 Å². The van der Waals surface area contributed by atoms with Crippen molar-refractivity contribution in [2.45, 2.75) is 32.2 Å². The molecule has 2 atom stereocenters. The summed E-state index contributed by atoms with van der Waals surface area (Å²) < 4.78 is 4.73. The van der Waals surface area contributed by atoms with E-state index in [0.717, 1.165) is 19.4 Å². The van der Waals surface area contributed by atoms with Crippen molar-refractivity contribution in [2.75, 3.05) is 13.1 Å². The van der Waals surface area contributed by atoms with E-state index in [1.165, 1.54) is 6.26 Å². The number of hydrogen-bond donors (Lipinski definition) is 1. The molecule has 1 saturated heterocycles.